The van der Waals surface area contributed by atoms with Gasteiger partial charge in [0.25, 0.3) is 0 Å². The number of hydrogen-bond acceptors (Lipinski definition) is 3. The third kappa shape index (κ3) is 6.56. The molecule has 3 aromatic heterocycles. The Labute approximate surface area is 283 Å². The minimum Gasteiger partial charge on any atom is -0.557 e. The second-order valence-electron chi connectivity index (χ2n) is 11.6. The molecule has 0 aliphatic rings. The number of pyridine rings is 1. The third-order valence-electron chi connectivity index (χ3n) is 7.77. The number of hydrogen-bond donors (Lipinski definition) is 0. The van der Waals surface area contributed by atoms with Gasteiger partial charge in [-0.25, -0.2) is 0 Å². The summed E-state index contributed by atoms with van der Waals surface area (Å²) >= 11 is 0. The molecular weight excluding hydrogens is 731 g/mol. The van der Waals surface area contributed by atoms with E-state index in [0.29, 0.717) is 11.8 Å². The molecule has 0 amide bonds. The van der Waals surface area contributed by atoms with E-state index in [0.717, 1.165) is 44.6 Å². The van der Waals surface area contributed by atoms with Gasteiger partial charge >= 0.3 is 0 Å². The second kappa shape index (κ2) is 13.8. The van der Waals surface area contributed by atoms with Gasteiger partial charge in [-0.3, -0.25) is 4.98 Å². The summed E-state index contributed by atoms with van der Waals surface area (Å²) in [7, 11) is 0. The zero-order chi connectivity index (χ0) is 33.3. The molecule has 5 heteroatoms. The molecule has 0 atom stereocenters. The SMILES string of the molecule is Cc1ccc2c(-c3nc4ccccc4n3-c3c(C(C)C)cccc3C(C)C)[c-]oc2c1.[2H]C([2H])([2H])c1ccc(-c2[c-]cccc2)nc1.[Ir]. The predicted octanol–water partition coefficient (Wildman–Crippen LogP) is 10.6. The molecule has 0 bridgehead atoms. The van der Waals surface area contributed by atoms with E-state index in [1.165, 1.54) is 28.6 Å². The average Bonchev–Trinajstić information content (AvgIpc) is 3.65. The minimum atomic E-state index is -2.09. The Morgan fingerprint density at radius 2 is 1.56 bits per heavy atom. The van der Waals surface area contributed by atoms with E-state index in [2.05, 4.69) is 111 Å². The summed E-state index contributed by atoms with van der Waals surface area (Å²) in [4.78, 5) is 9.20. The van der Waals surface area contributed by atoms with Crippen molar-refractivity contribution in [2.24, 2.45) is 0 Å². The van der Waals surface area contributed by atoms with Crippen molar-refractivity contribution < 1.29 is 28.6 Å². The molecule has 229 valence electrons. The molecule has 0 unspecified atom stereocenters. The van der Waals surface area contributed by atoms with Crippen LogP contribution in [0.4, 0.5) is 0 Å². The van der Waals surface area contributed by atoms with Crippen molar-refractivity contribution in [3.63, 3.8) is 0 Å². The minimum absolute atomic E-state index is 0. The first-order valence-electron chi connectivity index (χ1n) is 16.5. The van der Waals surface area contributed by atoms with Crippen LogP contribution in [0.3, 0.4) is 0 Å². The van der Waals surface area contributed by atoms with Crippen molar-refractivity contribution in [1.29, 1.82) is 0 Å². The molecule has 4 nitrogen and oxygen atoms in total. The Kier molecular flexibility index (Phi) is 8.62. The predicted molar refractivity (Wildman–Crippen MR) is 181 cm³/mol. The van der Waals surface area contributed by atoms with Crippen LogP contribution in [0.1, 0.15) is 65.9 Å². The van der Waals surface area contributed by atoms with Gasteiger partial charge in [0.05, 0.1) is 16.9 Å². The van der Waals surface area contributed by atoms with Gasteiger partial charge in [0.15, 0.2) is 0 Å². The van der Waals surface area contributed by atoms with E-state index < -0.39 is 6.85 Å². The van der Waals surface area contributed by atoms with Crippen LogP contribution in [0.2, 0.25) is 0 Å². The number of rotatable bonds is 5. The number of nitrogens with zero attached hydrogens (tertiary/aromatic N) is 3. The van der Waals surface area contributed by atoms with Crippen LogP contribution in [-0.4, -0.2) is 14.5 Å². The van der Waals surface area contributed by atoms with Crippen LogP contribution in [0.25, 0.3) is 50.3 Å². The fourth-order valence-corrected chi connectivity index (χ4v) is 5.54. The van der Waals surface area contributed by atoms with Crippen LogP contribution >= 0.6 is 0 Å². The van der Waals surface area contributed by atoms with Gasteiger partial charge < -0.3 is 14.0 Å². The molecule has 0 aliphatic heterocycles. The molecule has 7 rings (SSSR count). The van der Waals surface area contributed by atoms with E-state index in [1.807, 2.05) is 24.3 Å². The Morgan fingerprint density at radius 3 is 2.22 bits per heavy atom. The third-order valence-corrected chi connectivity index (χ3v) is 7.77. The smallest absolute Gasteiger partial charge is 0.0774 e. The molecular formula is C40H37IrN3O-2. The van der Waals surface area contributed by atoms with E-state index in [4.69, 9.17) is 13.5 Å². The molecule has 0 N–H and O–H groups in total. The number of aryl methyl sites for hydroxylation is 2. The Morgan fingerprint density at radius 1 is 0.822 bits per heavy atom. The van der Waals surface area contributed by atoms with E-state index in [1.54, 1.807) is 18.2 Å². The van der Waals surface area contributed by atoms with Crippen molar-refractivity contribution in [1.82, 2.24) is 14.5 Å². The van der Waals surface area contributed by atoms with Gasteiger partial charge in [0, 0.05) is 47.9 Å². The fourth-order valence-electron chi connectivity index (χ4n) is 5.54. The number of furan rings is 1. The van der Waals surface area contributed by atoms with Gasteiger partial charge in [0.1, 0.15) is 0 Å². The fraction of sp³-hybridized carbons (Fsp3) is 0.200. The van der Waals surface area contributed by atoms with Crippen molar-refractivity contribution in [3.05, 3.63) is 138 Å². The van der Waals surface area contributed by atoms with Crippen LogP contribution < -0.4 is 0 Å². The first kappa shape index (κ1) is 28.2. The van der Waals surface area contributed by atoms with E-state index in [9.17, 15) is 0 Å². The Hall–Kier alpha value is -4.31. The van der Waals surface area contributed by atoms with Gasteiger partial charge in [0.2, 0.25) is 0 Å². The maximum Gasteiger partial charge on any atom is 0.0774 e. The van der Waals surface area contributed by atoms with Crippen molar-refractivity contribution in [2.75, 3.05) is 0 Å². The molecule has 0 aliphatic carbocycles. The monoisotopic (exact) mass is 771 g/mol. The number of aromatic nitrogens is 3. The summed E-state index contributed by atoms with van der Waals surface area (Å²) in [6.07, 6.45) is 4.56. The Bertz CT molecular complexity index is 2120. The maximum absolute atomic E-state index is 7.23. The molecule has 7 aromatic rings. The normalized spacial score (nSPS) is 12.4. The summed E-state index contributed by atoms with van der Waals surface area (Å²) in [5, 5.41) is 1.04. The summed E-state index contributed by atoms with van der Waals surface area (Å²) in [5.41, 5.74) is 10.7. The first-order valence-corrected chi connectivity index (χ1v) is 15.0. The van der Waals surface area contributed by atoms with Crippen LogP contribution in [-0.2, 0) is 20.1 Å². The summed E-state index contributed by atoms with van der Waals surface area (Å²) < 4.78 is 29.9. The first-order chi connectivity index (χ1) is 22.5. The van der Waals surface area contributed by atoms with Crippen LogP contribution in [0.5, 0.6) is 0 Å². The van der Waals surface area contributed by atoms with E-state index in [-0.39, 0.29) is 25.7 Å². The zero-order valence-corrected chi connectivity index (χ0v) is 28.4. The largest absolute Gasteiger partial charge is 0.557 e. The number of para-hydroxylation sites is 3. The summed E-state index contributed by atoms with van der Waals surface area (Å²) in [6, 6.07) is 35.1. The standard InChI is InChI=1S/C28H27N2O.C12H10N.Ir/c1-17(2)20-9-8-10-21(18(3)4)27(20)30-25-12-7-6-11-24(25)29-28(30)23-16-31-26-15-19(5)13-14-22(23)26;1-10-7-8-12(13-9-10)11-5-3-2-4-6-11;/h6-15,17-18H,1-5H3;2-5,7-9H,1H3;/q2*-1;/i;1D3;. The maximum atomic E-state index is 7.23. The molecule has 3 heterocycles. The molecule has 0 spiro atoms. The number of imidazole rings is 1. The average molecular weight is 771 g/mol. The summed E-state index contributed by atoms with van der Waals surface area (Å²) in [5.74, 6) is 1.64. The molecule has 0 fully saturated rings. The molecule has 4 aromatic carbocycles. The summed E-state index contributed by atoms with van der Waals surface area (Å²) in [6.45, 7) is 9.00. The van der Waals surface area contributed by atoms with Crippen molar-refractivity contribution in [3.8, 4) is 28.3 Å². The molecule has 0 saturated carbocycles. The quantitative estimate of drug-likeness (QED) is 0.164. The van der Waals surface area contributed by atoms with Gasteiger partial charge in [-0.1, -0.05) is 98.8 Å². The van der Waals surface area contributed by atoms with Gasteiger partial charge in [-0.2, -0.15) is 0 Å². The number of benzene rings is 4. The van der Waals surface area contributed by atoms with E-state index >= 15 is 0 Å². The number of fused-ring (bicyclic) bond motifs is 2. The molecule has 0 saturated heterocycles. The van der Waals surface area contributed by atoms with Crippen molar-refractivity contribution >= 4 is 22.0 Å². The molecule has 45 heavy (non-hydrogen) atoms. The molecule has 1 radical (unpaired) electrons. The zero-order valence-electron chi connectivity index (χ0n) is 29.1. The van der Waals surface area contributed by atoms with Crippen LogP contribution in [0.15, 0.2) is 108 Å². The second-order valence-corrected chi connectivity index (χ2v) is 11.6. The van der Waals surface area contributed by atoms with Gasteiger partial charge in [-0.15, -0.1) is 42.0 Å². The van der Waals surface area contributed by atoms with Crippen molar-refractivity contribution in [2.45, 2.75) is 53.3 Å². The van der Waals surface area contributed by atoms with Crippen LogP contribution in [0, 0.1) is 26.1 Å². The Balaban J connectivity index is 0.000000224. The topological polar surface area (TPSA) is 43.9 Å². The van der Waals surface area contributed by atoms with Gasteiger partial charge in [-0.05, 0) is 60.1 Å².